The van der Waals surface area contributed by atoms with Crippen molar-refractivity contribution >= 4 is 34.0 Å². The number of ketones is 1. The number of quaternary nitrogens is 1. The molecular weight excluding hydrogens is 521 g/mol. The number of hydrogen-bond donors (Lipinski definition) is 1. The van der Waals surface area contributed by atoms with Gasteiger partial charge < -0.3 is 19.2 Å². The summed E-state index contributed by atoms with van der Waals surface area (Å²) in [7, 11) is 8.89. The number of benzene rings is 3. The van der Waals surface area contributed by atoms with E-state index in [9.17, 15) is 18.0 Å². The zero-order valence-electron chi connectivity index (χ0n) is 21.5. The van der Waals surface area contributed by atoms with Crippen LogP contribution in [0, 0.1) is 0 Å². The molecule has 0 unspecified atom stereocenters. The molecule has 0 radical (unpaired) electrons. The second-order valence-electron chi connectivity index (χ2n) is 9.61. The number of Topliss-reactive ketones (excluding diaryl/α,β-unsaturated/α-hetero) is 1. The summed E-state index contributed by atoms with van der Waals surface area (Å²) in [5.41, 5.74) is 3.90. The van der Waals surface area contributed by atoms with Gasteiger partial charge in [-0.1, -0.05) is 23.7 Å². The molecule has 200 valence electrons. The number of nitrogens with zero attached hydrogens (tertiary/aromatic N) is 1. The molecule has 0 fully saturated rings. The topological polar surface area (TPSA) is 60.6 Å². The predicted molar refractivity (Wildman–Crippen MR) is 143 cm³/mol. The van der Waals surface area contributed by atoms with E-state index in [4.69, 9.17) is 21.1 Å². The maximum Gasteiger partial charge on any atom is 0.573 e. The Kier molecular flexibility index (Phi) is 7.36. The van der Waals surface area contributed by atoms with Crippen LogP contribution in [0.15, 0.2) is 54.7 Å². The van der Waals surface area contributed by atoms with Gasteiger partial charge in [0, 0.05) is 46.8 Å². The highest BCUT2D eigenvalue weighted by Crippen LogP contribution is 2.39. The van der Waals surface area contributed by atoms with Gasteiger partial charge in [0.1, 0.15) is 11.4 Å². The van der Waals surface area contributed by atoms with Crippen LogP contribution in [-0.2, 0) is 6.42 Å². The van der Waals surface area contributed by atoms with Gasteiger partial charge >= 0.3 is 6.36 Å². The molecule has 1 aromatic heterocycles. The quantitative estimate of drug-likeness (QED) is 0.190. The van der Waals surface area contributed by atoms with Crippen LogP contribution in [0.25, 0.3) is 22.0 Å². The molecule has 0 saturated heterocycles. The maximum absolute atomic E-state index is 13.4. The Morgan fingerprint density at radius 1 is 0.974 bits per heavy atom. The Labute approximate surface area is 223 Å². The fourth-order valence-electron chi connectivity index (χ4n) is 4.23. The summed E-state index contributed by atoms with van der Waals surface area (Å²) in [6.45, 7) is 0. The second kappa shape index (κ2) is 10.2. The number of fused-ring (bicyclic) bond motifs is 1. The third-order valence-electron chi connectivity index (χ3n) is 6.14. The van der Waals surface area contributed by atoms with Crippen LogP contribution in [0.5, 0.6) is 17.2 Å². The molecule has 10 heteroatoms. The zero-order chi connectivity index (χ0) is 27.8. The van der Waals surface area contributed by atoms with Crippen molar-refractivity contribution in [3.05, 3.63) is 70.9 Å². The average molecular weight is 548 g/mol. The molecule has 1 N–H and O–H groups in total. The largest absolute Gasteiger partial charge is 0.573 e. The van der Waals surface area contributed by atoms with E-state index in [1.807, 2.05) is 30.3 Å². The van der Waals surface area contributed by atoms with Crippen LogP contribution in [0.1, 0.15) is 15.9 Å². The van der Waals surface area contributed by atoms with Crippen molar-refractivity contribution in [3.8, 4) is 28.4 Å². The van der Waals surface area contributed by atoms with Gasteiger partial charge in [0.25, 0.3) is 0 Å². The number of aromatic amines is 1. The minimum atomic E-state index is -4.92. The standard InChI is InChI=1S/C28H26ClF3N2O4/c1-34(2,3)18-8-6-7-16(9-18)19-10-17(25(36-4)13-22(19)29)11-24(35)21-15-33-23-14-26(37-5)27(12-20(21)23)38-28(30,31)32/h6-10,12-15H,11H2,1-5H3/p+1. The normalized spacial score (nSPS) is 12.0. The van der Waals surface area contributed by atoms with Crippen LogP contribution in [-0.4, -0.2) is 52.5 Å². The molecule has 4 aromatic rings. The van der Waals surface area contributed by atoms with Gasteiger partial charge in [0.15, 0.2) is 17.3 Å². The van der Waals surface area contributed by atoms with Crippen molar-refractivity contribution in [2.24, 2.45) is 0 Å². The summed E-state index contributed by atoms with van der Waals surface area (Å²) in [4.78, 5) is 16.3. The van der Waals surface area contributed by atoms with E-state index in [0.29, 0.717) is 26.3 Å². The molecule has 6 nitrogen and oxygen atoms in total. The van der Waals surface area contributed by atoms with Gasteiger partial charge in [-0.05, 0) is 29.8 Å². The molecule has 0 spiro atoms. The third-order valence-corrected chi connectivity index (χ3v) is 6.46. The van der Waals surface area contributed by atoms with Crippen molar-refractivity contribution < 1.29 is 32.2 Å². The Balaban J connectivity index is 1.74. The van der Waals surface area contributed by atoms with Crippen LogP contribution >= 0.6 is 11.6 Å². The minimum Gasteiger partial charge on any atom is -0.496 e. The van der Waals surface area contributed by atoms with Crippen LogP contribution < -0.4 is 18.7 Å². The number of halogens is 4. The molecule has 1 heterocycles. The van der Waals surface area contributed by atoms with Crippen molar-refractivity contribution in [1.82, 2.24) is 9.47 Å². The van der Waals surface area contributed by atoms with E-state index in [0.717, 1.165) is 22.9 Å². The average Bonchev–Trinajstić information content (AvgIpc) is 3.25. The lowest BCUT2D eigenvalue weighted by atomic mass is 9.96. The zero-order valence-corrected chi connectivity index (χ0v) is 22.3. The Morgan fingerprint density at radius 3 is 2.32 bits per heavy atom. The summed E-state index contributed by atoms with van der Waals surface area (Å²) < 4.78 is 54.1. The Bertz CT molecular complexity index is 1510. The summed E-state index contributed by atoms with van der Waals surface area (Å²) in [6, 6.07) is 13.9. The molecule has 0 aliphatic carbocycles. The number of carbonyl (C=O) groups excluding carboxylic acids is 1. The van der Waals surface area contributed by atoms with Gasteiger partial charge in [-0.2, -0.15) is 0 Å². The number of hydrogen-bond acceptors (Lipinski definition) is 4. The number of ether oxygens (including phenoxy) is 3. The first-order valence-corrected chi connectivity index (χ1v) is 12.0. The predicted octanol–water partition coefficient (Wildman–Crippen LogP) is 7.03. The maximum atomic E-state index is 13.4. The van der Waals surface area contributed by atoms with Crippen molar-refractivity contribution in [2.75, 3.05) is 35.4 Å². The number of methoxy groups -OCH3 is 2. The van der Waals surface area contributed by atoms with E-state index in [1.165, 1.54) is 26.5 Å². The van der Waals surface area contributed by atoms with Crippen LogP contribution in [0.2, 0.25) is 5.02 Å². The molecular formula is C28H27ClF3N2O4+. The molecule has 0 atom stereocenters. The number of alkyl halides is 3. The fourth-order valence-corrected chi connectivity index (χ4v) is 4.50. The van der Waals surface area contributed by atoms with Crippen LogP contribution in [0.4, 0.5) is 18.9 Å². The molecule has 4 rings (SSSR count). The molecule has 0 bridgehead atoms. The number of rotatable bonds is 8. The first-order chi connectivity index (χ1) is 17.8. The first-order valence-electron chi connectivity index (χ1n) is 11.6. The highest BCUT2D eigenvalue weighted by molar-refractivity contribution is 6.33. The molecule has 0 aliphatic rings. The lowest BCUT2D eigenvalue weighted by molar-refractivity contribution is -0.275. The van der Waals surface area contributed by atoms with Gasteiger partial charge in [0.2, 0.25) is 0 Å². The molecule has 0 saturated carbocycles. The van der Waals surface area contributed by atoms with Gasteiger partial charge in [-0.25, -0.2) is 0 Å². The number of H-pyrrole nitrogens is 1. The fraction of sp³-hybridized carbons (Fsp3) is 0.250. The molecule has 0 aliphatic heterocycles. The minimum absolute atomic E-state index is 0.0726. The summed E-state index contributed by atoms with van der Waals surface area (Å²) >= 11 is 6.60. The highest BCUT2D eigenvalue weighted by Gasteiger charge is 2.33. The van der Waals surface area contributed by atoms with Gasteiger partial charge in [-0.3, -0.25) is 9.28 Å². The van der Waals surface area contributed by atoms with Crippen molar-refractivity contribution in [3.63, 3.8) is 0 Å². The smallest absolute Gasteiger partial charge is 0.496 e. The van der Waals surface area contributed by atoms with E-state index in [2.05, 4.69) is 30.9 Å². The van der Waals surface area contributed by atoms with E-state index >= 15 is 0 Å². The Morgan fingerprint density at radius 2 is 1.68 bits per heavy atom. The number of carbonyl (C=O) groups is 1. The third kappa shape index (κ3) is 5.74. The summed E-state index contributed by atoms with van der Waals surface area (Å²) in [6.07, 6.45) is -3.54. The van der Waals surface area contributed by atoms with E-state index in [-0.39, 0.29) is 28.9 Å². The monoisotopic (exact) mass is 547 g/mol. The lowest BCUT2D eigenvalue weighted by Crippen LogP contribution is -2.34. The van der Waals surface area contributed by atoms with E-state index in [1.54, 1.807) is 6.07 Å². The lowest BCUT2D eigenvalue weighted by Gasteiger charge is -2.24. The second-order valence-corrected chi connectivity index (χ2v) is 10.0. The number of nitrogens with one attached hydrogen (secondary N) is 1. The molecule has 38 heavy (non-hydrogen) atoms. The Hall–Kier alpha value is -3.69. The van der Waals surface area contributed by atoms with Crippen molar-refractivity contribution in [1.29, 1.82) is 0 Å². The summed E-state index contributed by atoms with van der Waals surface area (Å²) in [5, 5.41) is 0.739. The van der Waals surface area contributed by atoms with Gasteiger partial charge in [-0.15, -0.1) is 13.2 Å². The van der Waals surface area contributed by atoms with Crippen molar-refractivity contribution in [2.45, 2.75) is 12.8 Å². The van der Waals surface area contributed by atoms with Crippen LogP contribution in [0.3, 0.4) is 0 Å². The highest BCUT2D eigenvalue weighted by atomic mass is 35.5. The molecule has 3 aromatic carbocycles. The SMILES string of the molecule is COc1cc(Cl)c(-c2cccc([N+](C)(C)C)c2)cc1CC(=O)c1c[nH]c2cc(OC)c(OC(F)(F)F)cc12. The van der Waals surface area contributed by atoms with Gasteiger partial charge in [0.05, 0.1) is 45.9 Å². The number of aromatic nitrogens is 1. The van der Waals surface area contributed by atoms with E-state index < -0.39 is 12.1 Å². The summed E-state index contributed by atoms with van der Waals surface area (Å²) in [5.74, 6) is -0.552. The first kappa shape index (κ1) is 27.3. The molecule has 0 amide bonds.